The lowest BCUT2D eigenvalue weighted by atomic mass is 9.95. The number of anilines is 2. The Morgan fingerprint density at radius 2 is 1.85 bits per heavy atom. The first kappa shape index (κ1) is 23.0. The van der Waals surface area contributed by atoms with Crippen LogP contribution in [0.4, 0.5) is 11.4 Å². The zero-order chi connectivity index (χ0) is 23.4. The molecular formula is C23H30N6O3S. The average Bonchev–Trinajstić information content (AvgIpc) is 3.22. The molecule has 33 heavy (non-hydrogen) atoms. The van der Waals surface area contributed by atoms with E-state index in [1.807, 2.05) is 11.6 Å². The maximum absolute atomic E-state index is 13.1. The predicted molar refractivity (Wildman–Crippen MR) is 130 cm³/mol. The molecule has 2 aromatic heterocycles. The van der Waals surface area contributed by atoms with E-state index in [1.54, 1.807) is 36.7 Å². The number of aryl methyl sites for hydroxylation is 1. The summed E-state index contributed by atoms with van der Waals surface area (Å²) in [4.78, 5) is 17.7. The van der Waals surface area contributed by atoms with Gasteiger partial charge >= 0.3 is 0 Å². The van der Waals surface area contributed by atoms with Crippen LogP contribution in [0.3, 0.4) is 0 Å². The second kappa shape index (κ2) is 9.78. The molecule has 1 fully saturated rings. The van der Waals surface area contributed by atoms with Crippen LogP contribution < -0.4 is 15.4 Å². The minimum atomic E-state index is -3.33. The topological polar surface area (TPSA) is 118 Å². The van der Waals surface area contributed by atoms with Crippen LogP contribution in [0.5, 0.6) is 0 Å². The van der Waals surface area contributed by atoms with Gasteiger partial charge in [0.05, 0.1) is 29.1 Å². The van der Waals surface area contributed by atoms with Gasteiger partial charge in [0.25, 0.3) is 5.91 Å². The van der Waals surface area contributed by atoms with Crippen molar-refractivity contribution in [1.82, 2.24) is 20.1 Å². The fourth-order valence-electron chi connectivity index (χ4n) is 4.22. The van der Waals surface area contributed by atoms with Crippen molar-refractivity contribution in [1.29, 1.82) is 0 Å². The Morgan fingerprint density at radius 1 is 1.12 bits per heavy atom. The van der Waals surface area contributed by atoms with Crippen LogP contribution in [0.15, 0.2) is 36.7 Å². The lowest BCUT2D eigenvalue weighted by Gasteiger charge is -2.25. The largest absolute Gasteiger partial charge is 0.381 e. The second-order valence-electron chi connectivity index (χ2n) is 8.48. The van der Waals surface area contributed by atoms with Gasteiger partial charge < -0.3 is 10.6 Å². The minimum absolute atomic E-state index is 0.217. The lowest BCUT2D eigenvalue weighted by molar-refractivity contribution is 0.0951. The predicted octanol–water partition coefficient (Wildman–Crippen LogP) is 3.50. The number of rotatable bonds is 8. The number of carbonyl (C=O) groups is 1. The number of hydrogen-bond donors (Lipinski definition) is 3. The van der Waals surface area contributed by atoms with E-state index in [9.17, 15) is 13.2 Å². The Bertz CT molecular complexity index is 1230. The molecule has 0 radical (unpaired) electrons. The van der Waals surface area contributed by atoms with Crippen LogP contribution in [-0.2, 0) is 23.1 Å². The van der Waals surface area contributed by atoms with Crippen molar-refractivity contribution in [2.24, 2.45) is 0 Å². The number of pyridine rings is 1. The quantitative estimate of drug-likeness (QED) is 0.464. The third-order valence-electron chi connectivity index (χ3n) is 5.87. The van der Waals surface area contributed by atoms with E-state index >= 15 is 0 Å². The van der Waals surface area contributed by atoms with Gasteiger partial charge in [0, 0.05) is 31.0 Å². The van der Waals surface area contributed by atoms with E-state index in [0.717, 1.165) is 41.4 Å². The number of aromatic nitrogens is 3. The normalized spacial score (nSPS) is 14.8. The molecule has 3 N–H and O–H groups in total. The van der Waals surface area contributed by atoms with E-state index in [1.165, 1.54) is 19.3 Å². The van der Waals surface area contributed by atoms with Crippen LogP contribution in [0.25, 0.3) is 11.0 Å². The molecule has 4 rings (SSSR count). The number of hydrogen-bond acceptors (Lipinski definition) is 6. The summed E-state index contributed by atoms with van der Waals surface area (Å²) >= 11 is 0. The number of carbonyl (C=O) groups excluding carboxylic acids is 1. The third-order valence-corrected chi connectivity index (χ3v) is 6.48. The molecule has 1 saturated carbocycles. The van der Waals surface area contributed by atoms with Crippen molar-refractivity contribution in [2.45, 2.75) is 58.2 Å². The molecule has 1 aromatic carbocycles. The van der Waals surface area contributed by atoms with Gasteiger partial charge in [-0.1, -0.05) is 31.4 Å². The lowest BCUT2D eigenvalue weighted by Crippen LogP contribution is -2.27. The molecule has 176 valence electrons. The number of fused-ring (bicyclic) bond motifs is 1. The van der Waals surface area contributed by atoms with Crippen molar-refractivity contribution in [2.75, 3.05) is 16.3 Å². The number of benzene rings is 1. The molecule has 0 spiro atoms. The molecule has 1 aliphatic rings. The van der Waals surface area contributed by atoms with E-state index in [4.69, 9.17) is 0 Å². The summed E-state index contributed by atoms with van der Waals surface area (Å²) in [5.74, 6) is -0.217. The van der Waals surface area contributed by atoms with Crippen molar-refractivity contribution < 1.29 is 13.2 Å². The number of nitrogens with zero attached hydrogens (tertiary/aromatic N) is 3. The highest BCUT2D eigenvalue weighted by Crippen LogP contribution is 2.30. The van der Waals surface area contributed by atoms with E-state index in [2.05, 4.69) is 25.4 Å². The molecule has 3 aromatic rings. The van der Waals surface area contributed by atoms with Crippen LogP contribution >= 0.6 is 0 Å². The molecule has 0 atom stereocenters. The van der Waals surface area contributed by atoms with E-state index in [-0.39, 0.29) is 5.91 Å². The zero-order valence-corrected chi connectivity index (χ0v) is 19.8. The first-order valence-electron chi connectivity index (χ1n) is 11.3. The van der Waals surface area contributed by atoms with Gasteiger partial charge in [-0.2, -0.15) is 5.10 Å². The van der Waals surface area contributed by atoms with E-state index < -0.39 is 10.0 Å². The average molecular weight is 471 g/mol. The van der Waals surface area contributed by atoms with Gasteiger partial charge in [0.15, 0.2) is 5.65 Å². The van der Waals surface area contributed by atoms with Gasteiger partial charge in [0.2, 0.25) is 10.0 Å². The molecule has 9 nitrogen and oxygen atoms in total. The summed E-state index contributed by atoms with van der Waals surface area (Å²) in [6.45, 7) is 3.03. The van der Waals surface area contributed by atoms with E-state index in [0.29, 0.717) is 30.4 Å². The summed E-state index contributed by atoms with van der Waals surface area (Å²) in [6, 6.07) is 7.23. The SMILES string of the molecule is CCn1ncc2c(NC3CCCCC3)c(C(=O)NCc3ccc(NS(C)(=O)=O)cc3)cnc21. The molecule has 2 heterocycles. The van der Waals surface area contributed by atoms with Crippen LogP contribution in [0, 0.1) is 0 Å². The summed E-state index contributed by atoms with van der Waals surface area (Å²) < 4.78 is 27.0. The molecule has 10 heteroatoms. The Hall–Kier alpha value is -3.14. The first-order chi connectivity index (χ1) is 15.8. The summed E-state index contributed by atoms with van der Waals surface area (Å²) in [5.41, 5.74) is 3.39. The molecule has 1 aliphatic carbocycles. The van der Waals surface area contributed by atoms with Crippen molar-refractivity contribution in [3.05, 3.63) is 47.8 Å². The van der Waals surface area contributed by atoms with Gasteiger partial charge in [0.1, 0.15) is 0 Å². The molecule has 0 unspecified atom stereocenters. The fourth-order valence-corrected chi connectivity index (χ4v) is 4.78. The third kappa shape index (κ3) is 5.62. The number of amides is 1. The van der Waals surface area contributed by atoms with Crippen molar-refractivity contribution in [3.8, 4) is 0 Å². The molecule has 0 aliphatic heterocycles. The fraction of sp³-hybridized carbons (Fsp3) is 0.435. The smallest absolute Gasteiger partial charge is 0.255 e. The highest BCUT2D eigenvalue weighted by Gasteiger charge is 2.21. The van der Waals surface area contributed by atoms with Gasteiger partial charge in [-0.05, 0) is 37.5 Å². The van der Waals surface area contributed by atoms with Crippen LogP contribution in [0.1, 0.15) is 54.9 Å². The summed E-state index contributed by atoms with van der Waals surface area (Å²) in [5, 5.41) is 11.9. The highest BCUT2D eigenvalue weighted by molar-refractivity contribution is 7.92. The van der Waals surface area contributed by atoms with Gasteiger partial charge in [-0.25, -0.2) is 18.1 Å². The van der Waals surface area contributed by atoms with Crippen LogP contribution in [0.2, 0.25) is 0 Å². The Kier molecular flexibility index (Phi) is 6.83. The highest BCUT2D eigenvalue weighted by atomic mass is 32.2. The number of sulfonamides is 1. The first-order valence-corrected chi connectivity index (χ1v) is 13.2. The van der Waals surface area contributed by atoms with Crippen molar-refractivity contribution >= 4 is 38.3 Å². The maximum atomic E-state index is 13.1. The molecular weight excluding hydrogens is 440 g/mol. The van der Waals surface area contributed by atoms with Crippen molar-refractivity contribution in [3.63, 3.8) is 0 Å². The molecule has 1 amide bonds. The summed E-state index contributed by atoms with van der Waals surface area (Å²) in [6.07, 6.45) is 10.3. The Labute approximate surface area is 194 Å². The second-order valence-corrected chi connectivity index (χ2v) is 10.2. The number of nitrogens with one attached hydrogen (secondary N) is 3. The Morgan fingerprint density at radius 3 is 2.52 bits per heavy atom. The van der Waals surface area contributed by atoms with Gasteiger partial charge in [-0.3, -0.25) is 9.52 Å². The standard InChI is InChI=1S/C23H30N6O3S/c1-3-29-22-19(15-26-29)21(27-17-7-5-4-6-8-17)20(14-24-22)23(30)25-13-16-9-11-18(12-10-16)28-33(2,31)32/h9-12,14-15,17,28H,3-8,13H2,1-2H3,(H,24,27)(H,25,30). The molecule has 0 bridgehead atoms. The summed E-state index contributed by atoms with van der Waals surface area (Å²) in [7, 11) is -3.33. The monoisotopic (exact) mass is 470 g/mol. The zero-order valence-electron chi connectivity index (χ0n) is 19.0. The maximum Gasteiger partial charge on any atom is 0.255 e. The Balaban J connectivity index is 1.53. The molecule has 0 saturated heterocycles. The minimum Gasteiger partial charge on any atom is -0.381 e. The van der Waals surface area contributed by atoms with Gasteiger partial charge in [-0.15, -0.1) is 0 Å². The van der Waals surface area contributed by atoms with Crippen LogP contribution in [-0.4, -0.2) is 41.4 Å².